The van der Waals surface area contributed by atoms with Crippen molar-refractivity contribution in [3.05, 3.63) is 11.8 Å². The molecular formula is C21H29F3N4O2. The summed E-state index contributed by atoms with van der Waals surface area (Å²) in [4.78, 5) is 8.27. The maximum absolute atomic E-state index is 13.5. The number of hydrogen-bond donors (Lipinski definition) is 2. The van der Waals surface area contributed by atoms with Gasteiger partial charge in [0, 0.05) is 43.2 Å². The lowest BCUT2D eigenvalue weighted by molar-refractivity contribution is -0.141. The topological polar surface area (TPSA) is 68.3 Å². The lowest BCUT2D eigenvalue weighted by Gasteiger charge is -2.34. The smallest absolute Gasteiger partial charge is 0.378 e. The number of ether oxygens (including phenoxy) is 2. The predicted octanol–water partition coefficient (Wildman–Crippen LogP) is 4.23. The third-order valence-corrected chi connectivity index (χ3v) is 7.23. The van der Waals surface area contributed by atoms with E-state index in [1.807, 2.05) is 0 Å². The van der Waals surface area contributed by atoms with Crippen molar-refractivity contribution in [3.8, 4) is 0 Å². The number of nitrogens with one attached hydrogen (secondary N) is 2. The Hall–Kier alpha value is -1.61. The molecule has 0 amide bonds. The fraction of sp³-hybridized carbons (Fsp3) is 0.810. The molecule has 2 aliphatic carbocycles. The summed E-state index contributed by atoms with van der Waals surface area (Å²) in [5.41, 5.74) is -0.910. The molecule has 0 aromatic carbocycles. The first-order chi connectivity index (χ1) is 14.5. The molecule has 4 aliphatic rings. The molecule has 3 heterocycles. The van der Waals surface area contributed by atoms with Gasteiger partial charge in [0.25, 0.3) is 0 Å². The van der Waals surface area contributed by atoms with E-state index in [2.05, 4.69) is 20.6 Å². The summed E-state index contributed by atoms with van der Waals surface area (Å²) in [6, 6.07) is 1.16. The Morgan fingerprint density at radius 3 is 2.00 bits per heavy atom. The zero-order chi connectivity index (χ0) is 20.7. The Labute approximate surface area is 174 Å². The minimum atomic E-state index is -4.52. The van der Waals surface area contributed by atoms with E-state index < -0.39 is 11.9 Å². The summed E-state index contributed by atoms with van der Waals surface area (Å²) in [5.74, 6) is 0.935. The van der Waals surface area contributed by atoms with Crippen LogP contribution in [0.1, 0.15) is 57.1 Å². The molecule has 2 saturated carbocycles. The van der Waals surface area contributed by atoms with Crippen molar-refractivity contribution < 1.29 is 22.6 Å². The van der Waals surface area contributed by atoms with Crippen LogP contribution in [-0.4, -0.2) is 47.5 Å². The average Bonchev–Trinajstić information content (AvgIpc) is 3.37. The molecule has 1 aromatic rings. The molecule has 5 rings (SSSR count). The van der Waals surface area contributed by atoms with Crippen LogP contribution in [0.25, 0.3) is 0 Å². The maximum Gasteiger partial charge on any atom is 0.433 e. The lowest BCUT2D eigenvalue weighted by atomic mass is 9.82. The van der Waals surface area contributed by atoms with Gasteiger partial charge < -0.3 is 20.1 Å². The third kappa shape index (κ3) is 4.10. The van der Waals surface area contributed by atoms with Crippen LogP contribution in [0, 0.1) is 11.8 Å². The van der Waals surface area contributed by atoms with E-state index in [1.165, 1.54) is 0 Å². The molecular weight excluding hydrogens is 397 g/mol. The van der Waals surface area contributed by atoms with E-state index in [-0.39, 0.29) is 36.1 Å². The molecule has 2 N–H and O–H groups in total. The van der Waals surface area contributed by atoms with Crippen LogP contribution in [0.3, 0.4) is 0 Å². The first kappa shape index (κ1) is 20.3. The van der Waals surface area contributed by atoms with Gasteiger partial charge in [-0.1, -0.05) is 0 Å². The number of fused-ring (bicyclic) bond motifs is 2. The summed E-state index contributed by atoms with van der Waals surface area (Å²) >= 11 is 0. The van der Waals surface area contributed by atoms with E-state index >= 15 is 0 Å². The fourth-order valence-electron chi connectivity index (χ4n) is 5.80. The van der Waals surface area contributed by atoms with E-state index in [9.17, 15) is 13.2 Å². The average molecular weight is 426 g/mol. The summed E-state index contributed by atoms with van der Waals surface area (Å²) in [6.07, 6.45) is 3.62. The highest BCUT2D eigenvalue weighted by Gasteiger charge is 2.40. The van der Waals surface area contributed by atoms with Crippen LogP contribution in [0.4, 0.5) is 24.9 Å². The Balaban J connectivity index is 1.37. The molecule has 4 fully saturated rings. The summed E-state index contributed by atoms with van der Waals surface area (Å²) in [7, 11) is 0. The highest BCUT2D eigenvalue weighted by Crippen LogP contribution is 2.38. The Kier molecular flexibility index (Phi) is 5.51. The molecule has 2 aliphatic heterocycles. The van der Waals surface area contributed by atoms with Crippen LogP contribution in [0.5, 0.6) is 0 Å². The maximum atomic E-state index is 13.5. The number of halogens is 3. The zero-order valence-corrected chi connectivity index (χ0v) is 17.0. The van der Waals surface area contributed by atoms with Gasteiger partial charge >= 0.3 is 6.18 Å². The van der Waals surface area contributed by atoms with Gasteiger partial charge in [-0.15, -0.1) is 0 Å². The number of nitrogens with zero attached hydrogens (tertiary/aromatic N) is 2. The standard InChI is InChI=1S/C21H29F3N4O2/c22-21(23,24)18-11-19(25-14-3-1-5-16-12(14)7-9-29-16)28-20(27-18)26-15-4-2-6-17-13(15)8-10-30-17/h11-17H,1-10H2,(H2,25,26,27,28). The van der Waals surface area contributed by atoms with Crippen molar-refractivity contribution in [3.63, 3.8) is 0 Å². The second kappa shape index (κ2) is 8.15. The molecule has 1 aromatic heterocycles. The van der Waals surface area contributed by atoms with Crippen molar-refractivity contribution in [2.24, 2.45) is 11.8 Å². The van der Waals surface area contributed by atoms with Crippen molar-refractivity contribution in [1.29, 1.82) is 0 Å². The van der Waals surface area contributed by atoms with Gasteiger partial charge in [-0.2, -0.15) is 18.2 Å². The van der Waals surface area contributed by atoms with Crippen LogP contribution >= 0.6 is 0 Å². The number of alkyl halides is 3. The van der Waals surface area contributed by atoms with E-state index in [4.69, 9.17) is 9.47 Å². The van der Waals surface area contributed by atoms with Gasteiger partial charge in [0.05, 0.1) is 12.2 Å². The van der Waals surface area contributed by atoms with Crippen molar-refractivity contribution in [2.75, 3.05) is 23.8 Å². The van der Waals surface area contributed by atoms with Gasteiger partial charge in [-0.05, 0) is 51.4 Å². The molecule has 6 unspecified atom stereocenters. The monoisotopic (exact) mass is 426 g/mol. The Morgan fingerprint density at radius 1 is 0.800 bits per heavy atom. The highest BCUT2D eigenvalue weighted by molar-refractivity contribution is 5.45. The van der Waals surface area contributed by atoms with Gasteiger partial charge in [-0.25, -0.2) is 4.98 Å². The van der Waals surface area contributed by atoms with Gasteiger partial charge in [0.2, 0.25) is 5.95 Å². The van der Waals surface area contributed by atoms with Crippen LogP contribution in [0.2, 0.25) is 0 Å². The van der Waals surface area contributed by atoms with E-state index in [0.29, 0.717) is 11.8 Å². The largest absolute Gasteiger partial charge is 0.433 e. The first-order valence-electron chi connectivity index (χ1n) is 11.2. The number of anilines is 2. The Bertz CT molecular complexity index is 710. The fourth-order valence-corrected chi connectivity index (χ4v) is 5.80. The van der Waals surface area contributed by atoms with Crippen LogP contribution < -0.4 is 10.6 Å². The molecule has 0 bridgehead atoms. The summed E-state index contributed by atoms with van der Waals surface area (Å²) in [5, 5.41) is 6.51. The second-order valence-corrected chi connectivity index (χ2v) is 9.05. The van der Waals surface area contributed by atoms with Crippen molar-refractivity contribution in [1.82, 2.24) is 9.97 Å². The molecule has 6 nitrogen and oxygen atoms in total. The van der Waals surface area contributed by atoms with Gasteiger partial charge in [-0.3, -0.25) is 0 Å². The molecule has 166 valence electrons. The number of aromatic nitrogens is 2. The molecule has 6 atom stereocenters. The minimum absolute atomic E-state index is 0.0462. The SMILES string of the molecule is FC(F)(F)c1cc(NC2CCCC3OCCC23)nc(NC2CCCC3OCCC23)n1. The third-order valence-electron chi connectivity index (χ3n) is 7.23. The molecule has 30 heavy (non-hydrogen) atoms. The van der Waals surface area contributed by atoms with Crippen LogP contribution in [0.15, 0.2) is 6.07 Å². The van der Waals surface area contributed by atoms with Gasteiger partial charge in [0.15, 0.2) is 5.69 Å². The van der Waals surface area contributed by atoms with Crippen molar-refractivity contribution >= 4 is 11.8 Å². The first-order valence-corrected chi connectivity index (χ1v) is 11.2. The second-order valence-electron chi connectivity index (χ2n) is 9.05. The van der Waals surface area contributed by atoms with E-state index in [1.54, 1.807) is 0 Å². The predicted molar refractivity (Wildman–Crippen MR) is 105 cm³/mol. The van der Waals surface area contributed by atoms with E-state index in [0.717, 1.165) is 70.6 Å². The normalized spacial score (nSPS) is 36.2. The lowest BCUT2D eigenvalue weighted by Crippen LogP contribution is -2.39. The molecule has 0 radical (unpaired) electrons. The van der Waals surface area contributed by atoms with Crippen molar-refractivity contribution in [2.45, 2.75) is 81.8 Å². The quantitative estimate of drug-likeness (QED) is 0.751. The zero-order valence-electron chi connectivity index (χ0n) is 17.0. The molecule has 9 heteroatoms. The molecule has 0 spiro atoms. The minimum Gasteiger partial charge on any atom is -0.378 e. The highest BCUT2D eigenvalue weighted by atomic mass is 19.4. The Morgan fingerprint density at radius 2 is 1.40 bits per heavy atom. The molecule has 2 saturated heterocycles. The summed E-state index contributed by atoms with van der Waals surface area (Å²) < 4.78 is 52.2. The van der Waals surface area contributed by atoms with Gasteiger partial charge in [0.1, 0.15) is 5.82 Å². The number of rotatable bonds is 4. The van der Waals surface area contributed by atoms with Crippen LogP contribution in [-0.2, 0) is 15.7 Å². The number of hydrogen-bond acceptors (Lipinski definition) is 6. The summed E-state index contributed by atoms with van der Waals surface area (Å²) in [6.45, 7) is 1.44.